The van der Waals surface area contributed by atoms with Crippen LogP contribution in [0.1, 0.15) is 33.4 Å². The van der Waals surface area contributed by atoms with Gasteiger partial charge >= 0.3 is 12.1 Å². The summed E-state index contributed by atoms with van der Waals surface area (Å²) < 4.78 is 6.86. The Hall–Kier alpha value is -5.51. The Bertz CT molecular complexity index is 1950. The number of tetrazole rings is 1. The second kappa shape index (κ2) is 15.1. The molecule has 1 aliphatic heterocycles. The molecule has 252 valence electrons. The van der Waals surface area contributed by atoms with Gasteiger partial charge in [-0.2, -0.15) is 0 Å². The molecule has 0 spiro atoms. The number of imidazole rings is 1. The Balaban J connectivity index is 1.25. The molecule has 5 aromatic rings. The molecule has 0 radical (unpaired) electrons. The van der Waals surface area contributed by atoms with Crippen LogP contribution in [0.5, 0.6) is 0 Å². The third kappa shape index (κ3) is 8.32. The summed E-state index contributed by atoms with van der Waals surface area (Å²) in [5.41, 5.74) is 4.02. The van der Waals surface area contributed by atoms with Crippen LogP contribution in [0.4, 0.5) is 15.3 Å². The Kier molecular flexibility index (Phi) is 10.3. The summed E-state index contributed by atoms with van der Waals surface area (Å²) in [6.45, 7) is 2.09. The predicted octanol–water partition coefficient (Wildman–Crippen LogP) is 4.70. The molecule has 17 heteroatoms. The van der Waals surface area contributed by atoms with Gasteiger partial charge in [0.25, 0.3) is 5.91 Å². The molecule has 49 heavy (non-hydrogen) atoms. The van der Waals surface area contributed by atoms with Crippen molar-refractivity contribution in [2.45, 2.75) is 19.0 Å². The number of urea groups is 1. The van der Waals surface area contributed by atoms with Crippen molar-refractivity contribution in [3.05, 3.63) is 106 Å². The number of aromatic amines is 1. The molecule has 1 fully saturated rings. The number of carbonyl (C=O) groups excluding carboxylic acids is 2. The Labute approximate surface area is 289 Å². The Morgan fingerprint density at radius 2 is 1.82 bits per heavy atom. The minimum Gasteiger partial charge on any atom is -0.465 e. The number of rotatable bonds is 10. The summed E-state index contributed by atoms with van der Waals surface area (Å²) in [5, 5.41) is 29.2. The molecule has 5 N–H and O–H groups in total. The van der Waals surface area contributed by atoms with Crippen LogP contribution >= 0.6 is 23.2 Å². The second-order valence-corrected chi connectivity index (χ2v) is 11.8. The van der Waals surface area contributed by atoms with Crippen molar-refractivity contribution in [2.24, 2.45) is 0 Å². The van der Waals surface area contributed by atoms with Crippen molar-refractivity contribution < 1.29 is 24.2 Å². The maximum Gasteiger partial charge on any atom is 0.409 e. The number of carbonyl (C=O) groups is 3. The molecule has 0 saturated carbocycles. The fourth-order valence-corrected chi connectivity index (χ4v) is 5.81. The predicted molar refractivity (Wildman–Crippen MR) is 180 cm³/mol. The van der Waals surface area contributed by atoms with Crippen LogP contribution in [0.25, 0.3) is 16.9 Å². The number of ether oxygens (including phenoxy) is 1. The zero-order valence-corrected chi connectivity index (χ0v) is 27.3. The van der Waals surface area contributed by atoms with Crippen molar-refractivity contribution in [3.63, 3.8) is 0 Å². The fourth-order valence-electron chi connectivity index (χ4n) is 5.37. The lowest BCUT2D eigenvalue weighted by Crippen LogP contribution is -2.40. The third-order valence-corrected chi connectivity index (χ3v) is 8.22. The SMILES string of the molecule is O=C(O)Nc1ccc(-c2nc(C(Cc3cccc(C(=O)N4CCOCC4)c3)NC(=O)NCc3cc(Cl)ccc3-n3cnnn3)[nH]c2Cl)cc1. The lowest BCUT2D eigenvalue weighted by molar-refractivity contribution is 0.0303. The molecule has 1 saturated heterocycles. The van der Waals surface area contributed by atoms with E-state index in [2.05, 4.69) is 36.5 Å². The quantitative estimate of drug-likeness (QED) is 0.137. The van der Waals surface area contributed by atoms with Gasteiger partial charge in [-0.15, -0.1) is 5.10 Å². The van der Waals surface area contributed by atoms with E-state index in [0.717, 1.165) is 5.56 Å². The first-order valence-corrected chi connectivity index (χ1v) is 15.9. The largest absolute Gasteiger partial charge is 0.465 e. The first-order valence-electron chi connectivity index (χ1n) is 15.1. The molecule has 4 amide bonds. The van der Waals surface area contributed by atoms with E-state index < -0.39 is 18.2 Å². The van der Waals surface area contributed by atoms with Crippen LogP contribution < -0.4 is 16.0 Å². The number of amides is 4. The summed E-state index contributed by atoms with van der Waals surface area (Å²) in [4.78, 5) is 47.2. The normalized spacial score (nSPS) is 13.5. The van der Waals surface area contributed by atoms with Gasteiger partial charge < -0.3 is 30.4 Å². The van der Waals surface area contributed by atoms with E-state index in [0.29, 0.717) is 70.9 Å². The maximum absolute atomic E-state index is 13.4. The molecular formula is C32H30Cl2N10O5. The molecule has 1 atom stereocenters. The average molecular weight is 706 g/mol. The highest BCUT2D eigenvalue weighted by molar-refractivity contribution is 6.32. The Morgan fingerprint density at radius 3 is 2.55 bits per heavy atom. The van der Waals surface area contributed by atoms with Gasteiger partial charge in [-0.3, -0.25) is 10.1 Å². The Morgan fingerprint density at radius 1 is 1.02 bits per heavy atom. The number of halogens is 2. The van der Waals surface area contributed by atoms with Crippen LogP contribution in [0.15, 0.2) is 73.1 Å². The van der Waals surface area contributed by atoms with Gasteiger partial charge in [0.05, 0.1) is 24.9 Å². The second-order valence-electron chi connectivity index (χ2n) is 11.0. The van der Waals surface area contributed by atoms with Crippen LogP contribution in [-0.2, 0) is 17.7 Å². The molecule has 1 aliphatic rings. The number of hydrogen-bond donors (Lipinski definition) is 5. The highest BCUT2D eigenvalue weighted by Gasteiger charge is 2.24. The molecule has 15 nitrogen and oxygen atoms in total. The highest BCUT2D eigenvalue weighted by Crippen LogP contribution is 2.30. The number of H-pyrrole nitrogens is 1. The summed E-state index contributed by atoms with van der Waals surface area (Å²) in [7, 11) is 0. The van der Waals surface area contributed by atoms with Gasteiger partial charge in [-0.25, -0.2) is 19.3 Å². The van der Waals surface area contributed by atoms with Crippen molar-refractivity contribution in [3.8, 4) is 16.9 Å². The number of nitrogens with zero attached hydrogens (tertiary/aromatic N) is 6. The van der Waals surface area contributed by atoms with Gasteiger partial charge in [0, 0.05) is 41.5 Å². The summed E-state index contributed by atoms with van der Waals surface area (Å²) >= 11 is 12.9. The first-order chi connectivity index (χ1) is 23.7. The molecule has 1 unspecified atom stereocenters. The fraction of sp³-hybridized carbons (Fsp3) is 0.219. The van der Waals surface area contributed by atoms with Gasteiger partial charge in [0.15, 0.2) is 0 Å². The zero-order valence-electron chi connectivity index (χ0n) is 25.8. The number of carboxylic acid groups (broad SMARTS) is 1. The van der Waals surface area contributed by atoms with E-state index in [-0.39, 0.29) is 24.0 Å². The first kappa shape index (κ1) is 33.4. The topological polar surface area (TPSA) is 192 Å². The molecule has 6 rings (SSSR count). The van der Waals surface area contributed by atoms with Crippen molar-refractivity contribution in [1.82, 2.24) is 45.7 Å². The lowest BCUT2D eigenvalue weighted by atomic mass is 10.0. The van der Waals surface area contributed by atoms with Crippen LogP contribution in [0, 0.1) is 0 Å². The zero-order chi connectivity index (χ0) is 34.3. The van der Waals surface area contributed by atoms with E-state index in [1.54, 1.807) is 65.6 Å². The number of morpholine rings is 1. The van der Waals surface area contributed by atoms with Crippen molar-refractivity contribution in [1.29, 1.82) is 0 Å². The lowest BCUT2D eigenvalue weighted by Gasteiger charge is -2.27. The van der Waals surface area contributed by atoms with Crippen molar-refractivity contribution >= 4 is 46.9 Å². The standard InChI is InChI=1S/C32H30Cl2N10O5/c33-23-6-9-26(44-18-36-41-42-44)22(16-23)17-35-31(46)38-25(15-19-2-1-3-21(14-19)30(45)43-10-12-49-13-11-43)29-39-27(28(34)40-29)20-4-7-24(8-5-20)37-32(47)48/h1-9,14,16,18,25,37H,10-13,15,17H2,(H,39,40)(H,47,48)(H2,35,38,46). The number of anilines is 1. The highest BCUT2D eigenvalue weighted by atomic mass is 35.5. The minimum absolute atomic E-state index is 0.0960. The number of nitrogens with one attached hydrogen (secondary N) is 4. The summed E-state index contributed by atoms with van der Waals surface area (Å²) in [6, 6.07) is 17.7. The molecule has 2 aromatic heterocycles. The minimum atomic E-state index is -1.18. The van der Waals surface area contributed by atoms with E-state index in [1.807, 2.05) is 6.07 Å². The van der Waals surface area contributed by atoms with E-state index in [9.17, 15) is 14.4 Å². The molecular weight excluding hydrogens is 675 g/mol. The smallest absolute Gasteiger partial charge is 0.409 e. The molecule has 3 aromatic carbocycles. The van der Waals surface area contributed by atoms with E-state index in [1.165, 1.54) is 11.0 Å². The van der Waals surface area contributed by atoms with Crippen LogP contribution in [0.3, 0.4) is 0 Å². The molecule has 0 bridgehead atoms. The van der Waals surface area contributed by atoms with Gasteiger partial charge in [0.1, 0.15) is 23.0 Å². The number of benzene rings is 3. The van der Waals surface area contributed by atoms with Crippen LogP contribution in [0.2, 0.25) is 10.2 Å². The van der Waals surface area contributed by atoms with Gasteiger partial charge in [-0.1, -0.05) is 47.5 Å². The van der Waals surface area contributed by atoms with Gasteiger partial charge in [0.2, 0.25) is 0 Å². The molecule has 3 heterocycles. The van der Waals surface area contributed by atoms with Crippen molar-refractivity contribution in [2.75, 3.05) is 31.6 Å². The summed E-state index contributed by atoms with van der Waals surface area (Å²) in [6.07, 6.45) is 0.516. The summed E-state index contributed by atoms with van der Waals surface area (Å²) in [5.74, 6) is 0.265. The third-order valence-electron chi connectivity index (χ3n) is 7.71. The van der Waals surface area contributed by atoms with Gasteiger partial charge in [-0.05, 0) is 70.4 Å². The monoisotopic (exact) mass is 704 g/mol. The molecule has 0 aliphatic carbocycles. The van der Waals surface area contributed by atoms with E-state index >= 15 is 0 Å². The van der Waals surface area contributed by atoms with E-state index in [4.69, 9.17) is 38.0 Å². The number of aromatic nitrogens is 6. The average Bonchev–Trinajstić information content (AvgIpc) is 3.78. The van der Waals surface area contributed by atoms with Crippen LogP contribution in [-0.4, -0.2) is 84.5 Å². The maximum atomic E-state index is 13.4. The number of hydrogen-bond acceptors (Lipinski definition) is 8.